The van der Waals surface area contributed by atoms with Crippen LogP contribution in [0.4, 0.5) is 0 Å². The van der Waals surface area contributed by atoms with Gasteiger partial charge in [0.15, 0.2) is 0 Å². The first-order chi connectivity index (χ1) is 9.66. The lowest BCUT2D eigenvalue weighted by Gasteiger charge is -2.27. The Morgan fingerprint density at radius 2 is 2.15 bits per heavy atom. The Labute approximate surface area is 121 Å². The smallest absolute Gasteiger partial charge is 0.226 e. The minimum absolute atomic E-state index is 0.133. The van der Waals surface area contributed by atoms with Gasteiger partial charge >= 0.3 is 0 Å². The fourth-order valence-electron chi connectivity index (χ4n) is 2.42. The van der Waals surface area contributed by atoms with Crippen LogP contribution in [-0.4, -0.2) is 44.1 Å². The summed E-state index contributed by atoms with van der Waals surface area (Å²) in [6.45, 7) is 5.05. The van der Waals surface area contributed by atoms with Gasteiger partial charge in [-0.2, -0.15) is 0 Å². The van der Waals surface area contributed by atoms with Crippen LogP contribution < -0.4 is 10.1 Å². The number of hydrogen-bond acceptors (Lipinski definition) is 3. The van der Waals surface area contributed by atoms with Gasteiger partial charge in [-0.05, 0) is 38.4 Å². The fraction of sp³-hybridized carbons (Fsp3) is 0.562. The molecule has 0 radical (unpaired) electrons. The summed E-state index contributed by atoms with van der Waals surface area (Å²) in [6.07, 6.45) is 2.08. The molecular formula is C16H24N2O2. The molecule has 0 saturated carbocycles. The molecule has 1 aromatic rings. The number of carbonyl (C=O) groups excluding carboxylic acids is 1. The van der Waals surface area contributed by atoms with Gasteiger partial charge < -0.3 is 15.0 Å². The van der Waals surface area contributed by atoms with Crippen LogP contribution in [0.2, 0.25) is 0 Å². The van der Waals surface area contributed by atoms with E-state index in [4.69, 9.17) is 4.74 Å². The highest BCUT2D eigenvalue weighted by molar-refractivity contribution is 5.78. The van der Waals surface area contributed by atoms with Crippen molar-refractivity contribution in [3.63, 3.8) is 0 Å². The maximum atomic E-state index is 12.2. The SMILES string of the molecule is Cc1ccc(OCCN(C)C(=O)[C@H]2CCCNC2)cc1. The van der Waals surface area contributed by atoms with Gasteiger partial charge in [-0.3, -0.25) is 4.79 Å². The molecule has 2 rings (SSSR count). The summed E-state index contributed by atoms with van der Waals surface area (Å²) in [4.78, 5) is 14.0. The first-order valence-corrected chi connectivity index (χ1v) is 7.32. The summed E-state index contributed by atoms with van der Waals surface area (Å²) < 4.78 is 5.66. The zero-order valence-electron chi connectivity index (χ0n) is 12.4. The lowest BCUT2D eigenvalue weighted by molar-refractivity contribution is -0.135. The van der Waals surface area contributed by atoms with E-state index in [-0.39, 0.29) is 11.8 Å². The van der Waals surface area contributed by atoms with E-state index in [2.05, 4.69) is 12.2 Å². The minimum atomic E-state index is 0.133. The van der Waals surface area contributed by atoms with Gasteiger partial charge in [0, 0.05) is 13.6 Å². The largest absolute Gasteiger partial charge is 0.492 e. The molecule has 110 valence electrons. The summed E-state index contributed by atoms with van der Waals surface area (Å²) in [7, 11) is 1.86. The molecule has 1 N–H and O–H groups in total. The number of carbonyl (C=O) groups is 1. The Bertz CT molecular complexity index is 425. The van der Waals surface area contributed by atoms with E-state index >= 15 is 0 Å². The van der Waals surface area contributed by atoms with Crippen molar-refractivity contribution in [2.75, 3.05) is 33.3 Å². The second kappa shape index (κ2) is 7.29. The van der Waals surface area contributed by atoms with Crippen LogP contribution in [0.1, 0.15) is 18.4 Å². The second-order valence-corrected chi connectivity index (χ2v) is 5.46. The molecule has 20 heavy (non-hydrogen) atoms. The molecular weight excluding hydrogens is 252 g/mol. The number of benzene rings is 1. The van der Waals surface area contributed by atoms with Crippen LogP contribution in [-0.2, 0) is 4.79 Å². The van der Waals surface area contributed by atoms with Crippen molar-refractivity contribution in [3.8, 4) is 5.75 Å². The van der Waals surface area contributed by atoms with Crippen LogP contribution in [0.5, 0.6) is 5.75 Å². The molecule has 1 aliphatic heterocycles. The summed E-state index contributed by atoms with van der Waals surface area (Å²) >= 11 is 0. The van der Waals surface area contributed by atoms with E-state index in [1.807, 2.05) is 31.3 Å². The Balaban J connectivity index is 1.72. The number of nitrogens with one attached hydrogen (secondary N) is 1. The standard InChI is InChI=1S/C16H24N2O2/c1-13-5-7-15(8-6-13)20-11-10-18(2)16(19)14-4-3-9-17-12-14/h5-8,14,17H,3-4,9-12H2,1-2H3/t14-/m0/s1. The van der Waals surface area contributed by atoms with Gasteiger partial charge in [-0.25, -0.2) is 0 Å². The van der Waals surface area contributed by atoms with Crippen molar-refractivity contribution in [1.29, 1.82) is 0 Å². The van der Waals surface area contributed by atoms with Crippen LogP contribution in [0, 0.1) is 12.8 Å². The van der Waals surface area contributed by atoms with E-state index in [1.54, 1.807) is 4.90 Å². The van der Waals surface area contributed by atoms with Crippen molar-refractivity contribution in [2.45, 2.75) is 19.8 Å². The van der Waals surface area contributed by atoms with Gasteiger partial charge in [0.1, 0.15) is 12.4 Å². The quantitative estimate of drug-likeness (QED) is 0.892. The first-order valence-electron chi connectivity index (χ1n) is 7.32. The highest BCUT2D eigenvalue weighted by atomic mass is 16.5. The third kappa shape index (κ3) is 4.23. The molecule has 1 fully saturated rings. The van der Waals surface area contributed by atoms with E-state index in [0.29, 0.717) is 13.2 Å². The molecule has 1 amide bonds. The number of likely N-dealkylation sites (N-methyl/N-ethyl adjacent to an activating group) is 1. The zero-order chi connectivity index (χ0) is 14.4. The molecule has 0 bridgehead atoms. The number of ether oxygens (including phenoxy) is 1. The first kappa shape index (κ1) is 14.9. The van der Waals surface area contributed by atoms with Crippen LogP contribution >= 0.6 is 0 Å². The van der Waals surface area contributed by atoms with Crippen LogP contribution in [0.25, 0.3) is 0 Å². The maximum absolute atomic E-state index is 12.2. The molecule has 4 nitrogen and oxygen atoms in total. The predicted molar refractivity (Wildman–Crippen MR) is 79.9 cm³/mol. The topological polar surface area (TPSA) is 41.6 Å². The van der Waals surface area contributed by atoms with Gasteiger partial charge in [0.25, 0.3) is 0 Å². The molecule has 4 heteroatoms. The number of aryl methyl sites for hydroxylation is 1. The third-order valence-electron chi connectivity index (χ3n) is 3.74. The number of nitrogens with zero attached hydrogens (tertiary/aromatic N) is 1. The molecule has 1 atom stereocenters. The van der Waals surface area contributed by atoms with Crippen molar-refractivity contribution in [3.05, 3.63) is 29.8 Å². The van der Waals surface area contributed by atoms with Gasteiger partial charge in [-0.15, -0.1) is 0 Å². The Morgan fingerprint density at radius 3 is 2.80 bits per heavy atom. The van der Waals surface area contributed by atoms with Gasteiger partial charge in [0.2, 0.25) is 5.91 Å². The van der Waals surface area contributed by atoms with E-state index in [0.717, 1.165) is 31.7 Å². The monoisotopic (exact) mass is 276 g/mol. The minimum Gasteiger partial charge on any atom is -0.492 e. The van der Waals surface area contributed by atoms with Crippen LogP contribution in [0.15, 0.2) is 24.3 Å². The van der Waals surface area contributed by atoms with Gasteiger partial charge in [0.05, 0.1) is 12.5 Å². The highest BCUT2D eigenvalue weighted by Gasteiger charge is 2.23. The lowest BCUT2D eigenvalue weighted by Crippen LogP contribution is -2.42. The number of rotatable bonds is 5. The molecule has 1 heterocycles. The Hall–Kier alpha value is -1.55. The average Bonchev–Trinajstić information content (AvgIpc) is 2.49. The van der Waals surface area contributed by atoms with Gasteiger partial charge in [-0.1, -0.05) is 17.7 Å². The second-order valence-electron chi connectivity index (χ2n) is 5.46. The van der Waals surface area contributed by atoms with E-state index < -0.39 is 0 Å². The fourth-order valence-corrected chi connectivity index (χ4v) is 2.42. The van der Waals surface area contributed by atoms with Crippen molar-refractivity contribution in [2.24, 2.45) is 5.92 Å². The molecule has 1 aromatic carbocycles. The van der Waals surface area contributed by atoms with E-state index in [1.165, 1.54) is 5.56 Å². The number of piperidine rings is 1. The highest BCUT2D eigenvalue weighted by Crippen LogP contribution is 2.13. The number of amides is 1. The summed E-state index contributed by atoms with van der Waals surface area (Å²) in [5.41, 5.74) is 1.22. The molecule has 0 aliphatic carbocycles. The van der Waals surface area contributed by atoms with Crippen molar-refractivity contribution in [1.82, 2.24) is 10.2 Å². The molecule has 0 spiro atoms. The normalized spacial score (nSPS) is 18.6. The Morgan fingerprint density at radius 1 is 1.40 bits per heavy atom. The molecule has 1 aliphatic rings. The maximum Gasteiger partial charge on any atom is 0.226 e. The molecule has 1 saturated heterocycles. The van der Waals surface area contributed by atoms with E-state index in [9.17, 15) is 4.79 Å². The van der Waals surface area contributed by atoms with Crippen molar-refractivity contribution >= 4 is 5.91 Å². The predicted octanol–water partition coefficient (Wildman–Crippen LogP) is 1.83. The summed E-state index contributed by atoms with van der Waals surface area (Å²) in [5, 5.41) is 3.28. The van der Waals surface area contributed by atoms with Crippen LogP contribution in [0.3, 0.4) is 0 Å². The molecule has 0 aromatic heterocycles. The third-order valence-corrected chi connectivity index (χ3v) is 3.74. The van der Waals surface area contributed by atoms with Crippen molar-refractivity contribution < 1.29 is 9.53 Å². The Kier molecular flexibility index (Phi) is 5.41. The zero-order valence-corrected chi connectivity index (χ0v) is 12.4. The molecule has 0 unspecified atom stereocenters. The summed E-state index contributed by atoms with van der Waals surface area (Å²) in [6, 6.07) is 7.97. The number of hydrogen-bond donors (Lipinski definition) is 1. The average molecular weight is 276 g/mol. The summed E-state index contributed by atoms with van der Waals surface area (Å²) in [5.74, 6) is 1.22. The lowest BCUT2D eigenvalue weighted by atomic mass is 9.98.